The number of hydrogen-bond acceptors (Lipinski definition) is 4. The minimum atomic E-state index is -3.59. The van der Waals surface area contributed by atoms with Gasteiger partial charge in [-0.05, 0) is 26.0 Å². The van der Waals surface area contributed by atoms with Crippen molar-refractivity contribution in [1.29, 1.82) is 0 Å². The van der Waals surface area contributed by atoms with Gasteiger partial charge in [0.15, 0.2) is 5.78 Å². The molecule has 0 aliphatic heterocycles. The van der Waals surface area contributed by atoms with Crippen LogP contribution in [0, 0.1) is 0 Å². The van der Waals surface area contributed by atoms with Gasteiger partial charge < -0.3 is 5.73 Å². The highest BCUT2D eigenvalue weighted by Gasteiger charge is 2.15. The van der Waals surface area contributed by atoms with Gasteiger partial charge in [-0.3, -0.25) is 4.79 Å². The standard InChI is InChI=1S/C11H16N2O3S/c1-8(12)7-13-17(15,16)11-5-3-4-10(6-11)9(2)14/h3-6,8,13H,7,12H2,1-2H3. The fourth-order valence-corrected chi connectivity index (χ4v) is 2.40. The Hall–Kier alpha value is -1.24. The minimum absolute atomic E-state index is 0.0749. The lowest BCUT2D eigenvalue weighted by molar-refractivity contribution is 0.101. The van der Waals surface area contributed by atoms with Crippen LogP contribution in [0.5, 0.6) is 0 Å². The van der Waals surface area contributed by atoms with Crippen LogP contribution in [0.15, 0.2) is 29.2 Å². The van der Waals surface area contributed by atoms with E-state index in [2.05, 4.69) is 4.72 Å². The molecule has 0 bridgehead atoms. The van der Waals surface area contributed by atoms with Gasteiger partial charge in [0, 0.05) is 18.2 Å². The summed E-state index contributed by atoms with van der Waals surface area (Å²) in [5.74, 6) is -0.172. The van der Waals surface area contributed by atoms with Crippen molar-refractivity contribution in [2.45, 2.75) is 24.8 Å². The van der Waals surface area contributed by atoms with Crippen LogP contribution in [0.1, 0.15) is 24.2 Å². The zero-order valence-electron chi connectivity index (χ0n) is 9.80. The van der Waals surface area contributed by atoms with Crippen molar-refractivity contribution in [3.05, 3.63) is 29.8 Å². The van der Waals surface area contributed by atoms with Crippen LogP contribution >= 0.6 is 0 Å². The Labute approximate surface area is 101 Å². The Balaban J connectivity index is 2.99. The summed E-state index contributed by atoms with van der Waals surface area (Å²) in [6, 6.07) is 5.65. The van der Waals surface area contributed by atoms with Gasteiger partial charge in [-0.15, -0.1) is 0 Å². The van der Waals surface area contributed by atoms with Crippen molar-refractivity contribution in [2.24, 2.45) is 5.73 Å². The molecular weight excluding hydrogens is 240 g/mol. The molecule has 0 spiro atoms. The van der Waals surface area contributed by atoms with E-state index in [1.807, 2.05) is 0 Å². The van der Waals surface area contributed by atoms with Crippen molar-refractivity contribution in [3.8, 4) is 0 Å². The number of nitrogens with one attached hydrogen (secondary N) is 1. The monoisotopic (exact) mass is 256 g/mol. The van der Waals surface area contributed by atoms with Gasteiger partial charge in [0.1, 0.15) is 0 Å². The lowest BCUT2D eigenvalue weighted by Gasteiger charge is -2.09. The lowest BCUT2D eigenvalue weighted by atomic mass is 10.2. The topological polar surface area (TPSA) is 89.3 Å². The number of Topliss-reactive ketones (excluding diaryl/α,β-unsaturated/α-hetero) is 1. The minimum Gasteiger partial charge on any atom is -0.327 e. The lowest BCUT2D eigenvalue weighted by Crippen LogP contribution is -2.35. The number of benzene rings is 1. The van der Waals surface area contributed by atoms with E-state index in [1.165, 1.54) is 25.1 Å². The van der Waals surface area contributed by atoms with Gasteiger partial charge in [-0.25, -0.2) is 13.1 Å². The second kappa shape index (κ2) is 5.39. The van der Waals surface area contributed by atoms with E-state index < -0.39 is 10.0 Å². The Morgan fingerprint density at radius 1 is 1.47 bits per heavy atom. The summed E-state index contributed by atoms with van der Waals surface area (Å²) in [7, 11) is -3.59. The number of nitrogens with two attached hydrogens (primary N) is 1. The summed E-state index contributed by atoms with van der Waals surface area (Å²) in [5, 5.41) is 0. The largest absolute Gasteiger partial charge is 0.327 e. The fourth-order valence-electron chi connectivity index (χ4n) is 1.21. The molecule has 0 fully saturated rings. The van der Waals surface area contributed by atoms with E-state index in [0.717, 1.165) is 0 Å². The third-order valence-corrected chi connectivity index (χ3v) is 3.57. The SMILES string of the molecule is CC(=O)c1cccc(S(=O)(=O)NCC(C)N)c1. The molecule has 0 aliphatic carbocycles. The zero-order valence-corrected chi connectivity index (χ0v) is 10.6. The molecule has 0 saturated carbocycles. The summed E-state index contributed by atoms with van der Waals surface area (Å²) in [5.41, 5.74) is 5.84. The van der Waals surface area contributed by atoms with Crippen LogP contribution in [-0.4, -0.2) is 26.8 Å². The zero-order chi connectivity index (χ0) is 13.1. The molecule has 1 rings (SSSR count). The van der Waals surface area contributed by atoms with E-state index in [9.17, 15) is 13.2 Å². The van der Waals surface area contributed by atoms with Crippen LogP contribution in [-0.2, 0) is 10.0 Å². The second-order valence-electron chi connectivity index (χ2n) is 3.91. The van der Waals surface area contributed by atoms with Gasteiger partial charge >= 0.3 is 0 Å². The van der Waals surface area contributed by atoms with Crippen molar-refractivity contribution in [1.82, 2.24) is 4.72 Å². The van der Waals surface area contributed by atoms with E-state index in [1.54, 1.807) is 13.0 Å². The van der Waals surface area contributed by atoms with Crippen LogP contribution in [0.4, 0.5) is 0 Å². The molecule has 6 heteroatoms. The number of rotatable bonds is 5. The van der Waals surface area contributed by atoms with Gasteiger partial charge in [0.05, 0.1) is 4.90 Å². The third-order valence-electron chi connectivity index (χ3n) is 2.15. The number of hydrogen-bond donors (Lipinski definition) is 2. The van der Waals surface area contributed by atoms with Crippen LogP contribution in [0.25, 0.3) is 0 Å². The Morgan fingerprint density at radius 2 is 2.12 bits per heavy atom. The highest BCUT2D eigenvalue weighted by molar-refractivity contribution is 7.89. The predicted octanol–water partition coefficient (Wildman–Crippen LogP) is 0.515. The van der Waals surface area contributed by atoms with Gasteiger partial charge in [-0.1, -0.05) is 12.1 Å². The van der Waals surface area contributed by atoms with Crippen LogP contribution in [0.2, 0.25) is 0 Å². The van der Waals surface area contributed by atoms with E-state index in [0.29, 0.717) is 5.56 Å². The van der Waals surface area contributed by atoms with Gasteiger partial charge in [0.2, 0.25) is 10.0 Å². The molecule has 0 aromatic heterocycles. The number of carbonyl (C=O) groups is 1. The van der Waals surface area contributed by atoms with Gasteiger partial charge in [-0.2, -0.15) is 0 Å². The molecular formula is C11H16N2O3S. The molecule has 0 aliphatic rings. The smallest absolute Gasteiger partial charge is 0.240 e. The van der Waals surface area contributed by atoms with Crippen molar-refractivity contribution >= 4 is 15.8 Å². The molecule has 0 saturated heterocycles. The first kappa shape index (κ1) is 13.8. The van der Waals surface area contributed by atoms with E-state index in [-0.39, 0.29) is 23.3 Å². The quantitative estimate of drug-likeness (QED) is 0.751. The van der Waals surface area contributed by atoms with Crippen molar-refractivity contribution < 1.29 is 13.2 Å². The third kappa shape index (κ3) is 3.92. The molecule has 1 aromatic rings. The number of sulfonamides is 1. The summed E-state index contributed by atoms with van der Waals surface area (Å²) >= 11 is 0. The van der Waals surface area contributed by atoms with Crippen LogP contribution in [0.3, 0.4) is 0 Å². The predicted molar refractivity (Wildman–Crippen MR) is 65.3 cm³/mol. The average Bonchev–Trinajstić information content (AvgIpc) is 2.27. The molecule has 0 heterocycles. The molecule has 1 aromatic carbocycles. The maximum Gasteiger partial charge on any atom is 0.240 e. The number of carbonyl (C=O) groups excluding carboxylic acids is 1. The Morgan fingerprint density at radius 3 is 2.65 bits per heavy atom. The maximum absolute atomic E-state index is 11.8. The fraction of sp³-hybridized carbons (Fsp3) is 0.364. The summed E-state index contributed by atoms with van der Waals surface area (Å²) in [6.07, 6.45) is 0. The second-order valence-corrected chi connectivity index (χ2v) is 5.68. The molecule has 17 heavy (non-hydrogen) atoms. The molecule has 1 unspecified atom stereocenters. The molecule has 1 atom stereocenters. The Kier molecular flexibility index (Phi) is 4.39. The van der Waals surface area contributed by atoms with Gasteiger partial charge in [0.25, 0.3) is 0 Å². The van der Waals surface area contributed by atoms with E-state index >= 15 is 0 Å². The molecule has 0 amide bonds. The highest BCUT2D eigenvalue weighted by Crippen LogP contribution is 2.11. The van der Waals surface area contributed by atoms with Crippen molar-refractivity contribution in [3.63, 3.8) is 0 Å². The summed E-state index contributed by atoms with van der Waals surface area (Å²) in [4.78, 5) is 11.2. The molecule has 3 N–H and O–H groups in total. The Bertz CT molecular complexity index is 509. The first-order valence-electron chi connectivity index (χ1n) is 5.19. The average molecular weight is 256 g/mol. The molecule has 94 valence electrons. The van der Waals surface area contributed by atoms with Crippen molar-refractivity contribution in [2.75, 3.05) is 6.54 Å². The highest BCUT2D eigenvalue weighted by atomic mass is 32.2. The first-order valence-corrected chi connectivity index (χ1v) is 6.67. The summed E-state index contributed by atoms with van der Waals surface area (Å²) in [6.45, 7) is 3.25. The maximum atomic E-state index is 11.8. The van der Waals surface area contributed by atoms with Crippen LogP contribution < -0.4 is 10.5 Å². The first-order chi connectivity index (χ1) is 7.83. The molecule has 0 radical (unpaired) electrons. The number of ketones is 1. The van der Waals surface area contributed by atoms with E-state index in [4.69, 9.17) is 5.73 Å². The summed E-state index contributed by atoms with van der Waals surface area (Å²) < 4.78 is 26.0. The normalized spacial score (nSPS) is 13.4. The molecule has 5 nitrogen and oxygen atoms in total.